The fourth-order valence-electron chi connectivity index (χ4n) is 4.44. The van der Waals surface area contributed by atoms with Crippen LogP contribution in [0.25, 0.3) is 0 Å². The number of ether oxygens (including phenoxy) is 2. The second-order valence-electron chi connectivity index (χ2n) is 8.57. The number of hydrogen-bond acceptors (Lipinski definition) is 6. The van der Waals surface area contributed by atoms with Gasteiger partial charge in [-0.3, -0.25) is 4.90 Å². The van der Waals surface area contributed by atoms with Crippen LogP contribution in [0.3, 0.4) is 0 Å². The smallest absolute Gasteiger partial charge is 0.194 e. The number of methoxy groups -OCH3 is 1. The van der Waals surface area contributed by atoms with Crippen molar-refractivity contribution >= 4 is 29.9 Å². The molecule has 9 nitrogen and oxygen atoms in total. The van der Waals surface area contributed by atoms with Crippen molar-refractivity contribution in [3.05, 3.63) is 11.6 Å². The maximum atomic E-state index is 6.04. The van der Waals surface area contributed by atoms with E-state index in [2.05, 4.69) is 32.2 Å². The molecule has 1 N–H and O–H groups in total. The highest BCUT2D eigenvalue weighted by molar-refractivity contribution is 14.0. The van der Waals surface area contributed by atoms with Gasteiger partial charge in [-0.25, -0.2) is 4.99 Å². The Kier molecular flexibility index (Phi) is 12.2. The van der Waals surface area contributed by atoms with Gasteiger partial charge in [-0.1, -0.05) is 6.92 Å². The van der Waals surface area contributed by atoms with Crippen molar-refractivity contribution in [3.63, 3.8) is 0 Å². The minimum absolute atomic E-state index is 0. The lowest BCUT2D eigenvalue weighted by Gasteiger charge is -2.35. The molecule has 10 heteroatoms. The predicted molar refractivity (Wildman–Crippen MR) is 138 cm³/mol. The van der Waals surface area contributed by atoms with E-state index in [-0.39, 0.29) is 24.0 Å². The van der Waals surface area contributed by atoms with Gasteiger partial charge in [0, 0.05) is 53.0 Å². The van der Waals surface area contributed by atoms with E-state index in [9.17, 15) is 0 Å². The quantitative estimate of drug-likeness (QED) is 0.202. The standard InChI is InChI=1S/C22H41N7O2.HI/c1-5-28-11-6-8-19(28)16-23-22(24-17-21-26-25-18(2)27(21)3)29-12-9-20(10-13-29)31-15-7-14-30-4;/h19-20H,5-17H2,1-4H3,(H,23,24);1H. The highest BCUT2D eigenvalue weighted by Gasteiger charge is 2.26. The van der Waals surface area contributed by atoms with Crippen LogP contribution < -0.4 is 5.32 Å². The third-order valence-electron chi connectivity index (χ3n) is 6.54. The molecule has 2 aliphatic rings. The molecule has 1 atom stereocenters. The van der Waals surface area contributed by atoms with E-state index in [1.165, 1.54) is 19.4 Å². The van der Waals surface area contributed by atoms with Gasteiger partial charge < -0.3 is 24.3 Å². The zero-order valence-electron chi connectivity index (χ0n) is 20.3. The van der Waals surface area contributed by atoms with Gasteiger partial charge in [-0.05, 0) is 52.1 Å². The summed E-state index contributed by atoms with van der Waals surface area (Å²) in [5.41, 5.74) is 0. The first-order valence-electron chi connectivity index (χ1n) is 11.8. The number of aliphatic imine (C=N–C) groups is 1. The number of nitrogens with one attached hydrogen (secondary N) is 1. The van der Waals surface area contributed by atoms with E-state index in [1.807, 2.05) is 18.5 Å². The zero-order chi connectivity index (χ0) is 22.1. The number of aryl methyl sites for hydroxylation is 1. The third-order valence-corrected chi connectivity index (χ3v) is 6.54. The normalized spacial score (nSPS) is 20.6. The van der Waals surface area contributed by atoms with Gasteiger partial charge in [-0.15, -0.1) is 34.2 Å². The molecule has 1 aromatic rings. The molecule has 0 bridgehead atoms. The van der Waals surface area contributed by atoms with Gasteiger partial charge in [-0.2, -0.15) is 0 Å². The Bertz CT molecular complexity index is 692. The van der Waals surface area contributed by atoms with E-state index in [1.54, 1.807) is 7.11 Å². The van der Waals surface area contributed by atoms with E-state index >= 15 is 0 Å². The SMILES string of the molecule is CCN1CCCC1CNC(=NCc1nnc(C)n1C)N1CCC(OCCCOC)CC1.I. The van der Waals surface area contributed by atoms with E-state index in [0.29, 0.717) is 18.7 Å². The number of likely N-dealkylation sites (N-methyl/N-ethyl adjacent to an activating group) is 1. The number of piperidine rings is 1. The molecule has 0 radical (unpaired) electrons. The Hall–Kier alpha value is -0.980. The van der Waals surface area contributed by atoms with Crippen molar-refractivity contribution in [3.8, 4) is 0 Å². The van der Waals surface area contributed by atoms with Gasteiger partial charge in [0.15, 0.2) is 11.8 Å². The van der Waals surface area contributed by atoms with Crippen molar-refractivity contribution in [1.82, 2.24) is 29.9 Å². The Morgan fingerprint density at radius 3 is 2.59 bits per heavy atom. The van der Waals surface area contributed by atoms with E-state index in [4.69, 9.17) is 14.5 Å². The number of halogens is 1. The van der Waals surface area contributed by atoms with Crippen LogP contribution in [0, 0.1) is 6.92 Å². The Labute approximate surface area is 210 Å². The zero-order valence-corrected chi connectivity index (χ0v) is 22.6. The molecule has 184 valence electrons. The average Bonchev–Trinajstić information content (AvgIpc) is 3.38. The fraction of sp³-hybridized carbons (Fsp3) is 0.864. The van der Waals surface area contributed by atoms with Crippen LogP contribution in [-0.4, -0.2) is 95.7 Å². The van der Waals surface area contributed by atoms with Crippen molar-refractivity contribution in [1.29, 1.82) is 0 Å². The van der Waals surface area contributed by atoms with Crippen LogP contribution in [0.5, 0.6) is 0 Å². The lowest BCUT2D eigenvalue weighted by Crippen LogP contribution is -2.50. The summed E-state index contributed by atoms with van der Waals surface area (Å²) in [7, 11) is 3.73. The average molecular weight is 564 g/mol. The summed E-state index contributed by atoms with van der Waals surface area (Å²) < 4.78 is 13.2. The highest BCUT2D eigenvalue weighted by Crippen LogP contribution is 2.17. The first-order valence-corrected chi connectivity index (χ1v) is 11.8. The minimum Gasteiger partial charge on any atom is -0.385 e. The summed E-state index contributed by atoms with van der Waals surface area (Å²) in [6.07, 6.45) is 5.89. The molecule has 2 aliphatic heterocycles. The topological polar surface area (TPSA) is 80.0 Å². The summed E-state index contributed by atoms with van der Waals surface area (Å²) in [5.74, 6) is 2.79. The van der Waals surface area contributed by atoms with Crippen LogP contribution in [0.4, 0.5) is 0 Å². The predicted octanol–water partition coefficient (Wildman–Crippen LogP) is 2.19. The Morgan fingerprint density at radius 2 is 1.94 bits per heavy atom. The molecule has 0 amide bonds. The maximum absolute atomic E-state index is 6.04. The lowest BCUT2D eigenvalue weighted by molar-refractivity contribution is 0.00984. The molecule has 0 aromatic carbocycles. The number of nitrogens with zero attached hydrogens (tertiary/aromatic N) is 6. The monoisotopic (exact) mass is 563 g/mol. The molecular formula is C22H42IN7O2. The lowest BCUT2D eigenvalue weighted by atomic mass is 10.1. The summed E-state index contributed by atoms with van der Waals surface area (Å²) in [6, 6.07) is 0.592. The molecule has 3 rings (SSSR count). The van der Waals surface area contributed by atoms with Crippen molar-refractivity contribution in [2.75, 3.05) is 53.0 Å². The van der Waals surface area contributed by atoms with Gasteiger partial charge in [0.25, 0.3) is 0 Å². The summed E-state index contributed by atoms with van der Waals surface area (Å²) in [4.78, 5) is 9.89. The molecule has 0 spiro atoms. The summed E-state index contributed by atoms with van der Waals surface area (Å²) in [5, 5.41) is 12.1. The summed E-state index contributed by atoms with van der Waals surface area (Å²) in [6.45, 7) is 11.5. The molecule has 1 aromatic heterocycles. The molecule has 3 heterocycles. The molecule has 0 aliphatic carbocycles. The minimum atomic E-state index is 0. The maximum Gasteiger partial charge on any atom is 0.194 e. The van der Waals surface area contributed by atoms with Crippen molar-refractivity contribution < 1.29 is 9.47 Å². The number of guanidine groups is 1. The molecular weight excluding hydrogens is 521 g/mol. The van der Waals surface area contributed by atoms with Crippen LogP contribution in [0.1, 0.15) is 50.7 Å². The van der Waals surface area contributed by atoms with Gasteiger partial charge in [0.1, 0.15) is 12.4 Å². The largest absolute Gasteiger partial charge is 0.385 e. The van der Waals surface area contributed by atoms with Crippen LogP contribution >= 0.6 is 24.0 Å². The Morgan fingerprint density at radius 1 is 1.16 bits per heavy atom. The van der Waals surface area contributed by atoms with Gasteiger partial charge >= 0.3 is 0 Å². The molecule has 0 saturated carbocycles. The second-order valence-corrected chi connectivity index (χ2v) is 8.57. The molecule has 2 fully saturated rings. The number of likely N-dealkylation sites (tertiary alicyclic amines) is 2. The molecule has 32 heavy (non-hydrogen) atoms. The fourth-order valence-corrected chi connectivity index (χ4v) is 4.44. The van der Waals surface area contributed by atoms with Crippen LogP contribution in [-0.2, 0) is 23.1 Å². The summed E-state index contributed by atoms with van der Waals surface area (Å²) >= 11 is 0. The highest BCUT2D eigenvalue weighted by atomic mass is 127. The van der Waals surface area contributed by atoms with Gasteiger partial charge in [0.05, 0.1) is 6.10 Å². The molecule has 2 saturated heterocycles. The number of hydrogen-bond donors (Lipinski definition) is 1. The van der Waals surface area contributed by atoms with Crippen molar-refractivity contribution in [2.24, 2.45) is 12.0 Å². The van der Waals surface area contributed by atoms with Crippen LogP contribution in [0.2, 0.25) is 0 Å². The third kappa shape index (κ3) is 7.81. The number of rotatable bonds is 10. The van der Waals surface area contributed by atoms with Crippen molar-refractivity contribution in [2.45, 2.75) is 64.6 Å². The Balaban J connectivity index is 0.00000363. The van der Waals surface area contributed by atoms with E-state index < -0.39 is 0 Å². The van der Waals surface area contributed by atoms with Gasteiger partial charge in [0.2, 0.25) is 0 Å². The van der Waals surface area contributed by atoms with Crippen LogP contribution in [0.15, 0.2) is 4.99 Å². The van der Waals surface area contributed by atoms with E-state index in [0.717, 1.165) is 76.3 Å². The number of aromatic nitrogens is 3. The first-order chi connectivity index (χ1) is 15.1. The second kappa shape index (κ2) is 14.3. The first kappa shape index (κ1) is 27.3. The molecule has 1 unspecified atom stereocenters.